The van der Waals surface area contributed by atoms with Gasteiger partial charge in [-0.2, -0.15) is 26.3 Å². The fourth-order valence-corrected chi connectivity index (χ4v) is 5.41. The highest BCUT2D eigenvalue weighted by atomic mass is 19.3. The van der Waals surface area contributed by atoms with Crippen LogP contribution in [0.1, 0.15) is 36.8 Å². The van der Waals surface area contributed by atoms with Crippen molar-refractivity contribution in [1.29, 1.82) is 0 Å². The normalized spacial score (nSPS) is 27.8. The molecule has 2 heterocycles. The molecule has 0 amide bonds. The lowest BCUT2D eigenvalue weighted by atomic mass is 9.76. The lowest BCUT2D eigenvalue weighted by molar-refractivity contribution is -0.535. The van der Waals surface area contributed by atoms with Gasteiger partial charge in [0.05, 0.1) is 0 Å². The van der Waals surface area contributed by atoms with Crippen LogP contribution in [0.3, 0.4) is 0 Å². The summed E-state index contributed by atoms with van der Waals surface area (Å²) >= 11 is 0. The summed E-state index contributed by atoms with van der Waals surface area (Å²) in [5.41, 5.74) is -2.18. The average molecular weight is 729 g/mol. The van der Waals surface area contributed by atoms with Gasteiger partial charge >= 0.3 is 23.6 Å². The Kier molecular flexibility index (Phi) is 7.35. The number of nitro groups is 2. The number of hydrogen-bond donors (Lipinski definition) is 0. The molecule has 2 aromatic heterocycles. The van der Waals surface area contributed by atoms with Crippen LogP contribution < -0.4 is 9.47 Å². The zero-order valence-corrected chi connectivity index (χ0v) is 26.6. The van der Waals surface area contributed by atoms with Gasteiger partial charge in [-0.05, 0) is 97.1 Å². The standard InChI is InChI=1S/C34H22F6N4O8/c1-29(43(45)46)15-11-23-25(13-17-29)49-27(41-23)19-3-7-21(8-4-19)51-33(39)31(35,36)32(37,38)34(33,40)52-22-9-5-20(6-10-22)28-42-24-12-16-30(2,44(47)48)18-14-26(24)50-28/h3-18H,1-2H3. The third kappa shape index (κ3) is 4.91. The minimum atomic E-state index is -5.69. The number of hydrogen-bond acceptors (Lipinski definition) is 10. The molecule has 4 aromatic rings. The van der Waals surface area contributed by atoms with Gasteiger partial charge < -0.3 is 18.3 Å². The van der Waals surface area contributed by atoms with Crippen LogP contribution in [-0.4, -0.2) is 54.4 Å². The summed E-state index contributed by atoms with van der Waals surface area (Å²) in [4.78, 5) is 30.1. The quantitative estimate of drug-likeness (QED) is 0.0984. The van der Waals surface area contributed by atoms with Crippen molar-refractivity contribution in [3.63, 3.8) is 0 Å². The maximum atomic E-state index is 15.8. The molecular weight excluding hydrogens is 706 g/mol. The Hall–Kier alpha value is -6.20. The molecule has 3 aliphatic carbocycles. The molecule has 12 nitrogen and oxygen atoms in total. The molecule has 1 saturated carbocycles. The number of aromatic nitrogens is 2. The number of fused-ring (bicyclic) bond motifs is 2. The molecular formula is C34H22F6N4O8. The van der Waals surface area contributed by atoms with Crippen LogP contribution in [0, 0.1) is 20.2 Å². The summed E-state index contributed by atoms with van der Waals surface area (Å²) in [5.74, 6) is -22.7. The van der Waals surface area contributed by atoms with E-state index in [4.69, 9.17) is 8.83 Å². The highest BCUT2D eigenvalue weighted by Gasteiger charge is 3.03. The molecule has 0 saturated heterocycles. The summed E-state index contributed by atoms with van der Waals surface area (Å²) in [6, 6.07) is 8.19. The van der Waals surface area contributed by atoms with Crippen molar-refractivity contribution >= 4 is 24.3 Å². The number of nitrogens with zero attached hydrogens (tertiary/aromatic N) is 4. The second kappa shape index (κ2) is 11.1. The van der Waals surface area contributed by atoms with Gasteiger partial charge in [0, 0.05) is 34.8 Å². The first kappa shape index (κ1) is 34.3. The first-order valence-corrected chi connectivity index (χ1v) is 15.1. The van der Waals surface area contributed by atoms with Crippen molar-refractivity contribution in [3.8, 4) is 34.4 Å². The first-order valence-electron chi connectivity index (χ1n) is 15.1. The maximum absolute atomic E-state index is 15.8. The fourth-order valence-electron chi connectivity index (χ4n) is 5.41. The van der Waals surface area contributed by atoms with Gasteiger partial charge in [-0.3, -0.25) is 20.2 Å². The summed E-state index contributed by atoms with van der Waals surface area (Å²) in [7, 11) is 0. The molecule has 7 rings (SSSR count). The Bertz CT molecular complexity index is 2020. The van der Waals surface area contributed by atoms with E-state index < -0.39 is 56.0 Å². The Labute approximate surface area is 287 Å². The Morgan fingerprint density at radius 1 is 0.577 bits per heavy atom. The zero-order chi connectivity index (χ0) is 37.5. The highest BCUT2D eigenvalue weighted by Crippen LogP contribution is 2.68. The van der Waals surface area contributed by atoms with Crippen molar-refractivity contribution in [1.82, 2.24) is 9.97 Å². The predicted octanol–water partition coefficient (Wildman–Crippen LogP) is 8.22. The molecule has 52 heavy (non-hydrogen) atoms. The van der Waals surface area contributed by atoms with E-state index in [9.17, 15) is 37.8 Å². The number of ether oxygens (including phenoxy) is 2. The van der Waals surface area contributed by atoms with Crippen LogP contribution in [0.4, 0.5) is 26.3 Å². The van der Waals surface area contributed by atoms with Crippen molar-refractivity contribution in [2.24, 2.45) is 0 Å². The van der Waals surface area contributed by atoms with Crippen molar-refractivity contribution < 1.29 is 54.5 Å². The highest BCUT2D eigenvalue weighted by molar-refractivity contribution is 5.68. The van der Waals surface area contributed by atoms with Gasteiger partial charge in [0.15, 0.2) is 11.5 Å². The number of oxazole rings is 2. The lowest BCUT2D eigenvalue weighted by Crippen LogP contribution is -2.89. The topological polar surface area (TPSA) is 157 Å². The molecule has 0 spiro atoms. The minimum Gasteiger partial charge on any atom is -0.447 e. The summed E-state index contributed by atoms with van der Waals surface area (Å²) in [6.45, 7) is 2.72. The largest absolute Gasteiger partial charge is 0.447 e. The smallest absolute Gasteiger partial charge is 0.395 e. The van der Waals surface area contributed by atoms with Crippen LogP contribution in [0.2, 0.25) is 0 Å². The van der Waals surface area contributed by atoms with Gasteiger partial charge in [0.25, 0.3) is 11.1 Å². The Balaban J connectivity index is 1.09. The summed E-state index contributed by atoms with van der Waals surface area (Å²) < 4.78 is 111. The molecule has 1 fully saturated rings. The molecule has 4 unspecified atom stereocenters. The first-order chi connectivity index (χ1) is 24.3. The van der Waals surface area contributed by atoms with E-state index in [1.54, 1.807) is 0 Å². The molecule has 2 aromatic carbocycles. The number of benzene rings is 2. The Morgan fingerprint density at radius 3 is 1.23 bits per heavy atom. The second-order valence-corrected chi connectivity index (χ2v) is 12.4. The van der Waals surface area contributed by atoms with Gasteiger partial charge in [0.1, 0.15) is 22.9 Å². The third-order valence-corrected chi connectivity index (χ3v) is 8.79. The minimum absolute atomic E-state index is 0.0381. The van der Waals surface area contributed by atoms with Gasteiger partial charge in [-0.25, -0.2) is 9.97 Å². The van der Waals surface area contributed by atoms with Crippen LogP contribution >= 0.6 is 0 Å². The number of alkyl halides is 6. The monoisotopic (exact) mass is 728 g/mol. The molecule has 18 heteroatoms. The summed E-state index contributed by atoms with van der Waals surface area (Å²) in [5, 5.41) is 22.7. The second-order valence-electron chi connectivity index (χ2n) is 12.4. The average Bonchev–Trinajstić information content (AvgIpc) is 3.63. The lowest BCUT2D eigenvalue weighted by Gasteiger charge is -2.55. The van der Waals surface area contributed by atoms with Crippen molar-refractivity contribution in [2.75, 3.05) is 0 Å². The molecule has 0 N–H and O–H groups in total. The van der Waals surface area contributed by atoms with Crippen molar-refractivity contribution in [2.45, 2.75) is 48.5 Å². The molecule has 3 aliphatic rings. The van der Waals surface area contributed by atoms with E-state index in [1.807, 2.05) is 0 Å². The number of rotatable bonds is 8. The third-order valence-electron chi connectivity index (χ3n) is 8.79. The van der Waals surface area contributed by atoms with Crippen LogP contribution in [0.25, 0.3) is 47.2 Å². The predicted molar refractivity (Wildman–Crippen MR) is 170 cm³/mol. The number of halogens is 6. The van der Waals surface area contributed by atoms with Crippen LogP contribution in [0.15, 0.2) is 81.7 Å². The molecule has 4 atom stereocenters. The van der Waals surface area contributed by atoms with E-state index in [1.165, 1.54) is 62.5 Å². The molecule has 268 valence electrons. The zero-order valence-electron chi connectivity index (χ0n) is 26.6. The van der Waals surface area contributed by atoms with Crippen LogP contribution in [-0.2, 0) is 0 Å². The van der Waals surface area contributed by atoms with E-state index in [2.05, 4.69) is 19.4 Å². The van der Waals surface area contributed by atoms with Gasteiger partial charge in [-0.15, -0.1) is 0 Å². The van der Waals surface area contributed by atoms with E-state index in [0.717, 1.165) is 48.5 Å². The molecule has 0 aliphatic heterocycles. The van der Waals surface area contributed by atoms with Gasteiger partial charge in [0.2, 0.25) is 11.8 Å². The SMILES string of the molecule is CC1([N+](=O)[O-])C=Cc2nc(-c3ccc(OC4(F)C(F)(F)C(F)(F)C4(F)Oc4ccc(-c5nc6c(o5)C=CC(C)([N+](=O)[O-])C=C6)cc4)cc3)oc2C=C1. The van der Waals surface area contributed by atoms with Crippen molar-refractivity contribution in [3.05, 3.63) is 116 Å². The fraction of sp³-hybridized carbons (Fsp3) is 0.235. The van der Waals surface area contributed by atoms with E-state index in [-0.39, 0.29) is 45.8 Å². The summed E-state index contributed by atoms with van der Waals surface area (Å²) in [6.07, 6.45) is 10.6. The molecule has 0 bridgehead atoms. The molecule has 0 radical (unpaired) electrons. The maximum Gasteiger partial charge on any atom is 0.395 e. The van der Waals surface area contributed by atoms with Crippen LogP contribution in [0.5, 0.6) is 11.5 Å². The van der Waals surface area contributed by atoms with E-state index in [0.29, 0.717) is 0 Å². The van der Waals surface area contributed by atoms with E-state index >= 15 is 8.78 Å². The van der Waals surface area contributed by atoms with Gasteiger partial charge in [-0.1, -0.05) is 0 Å². The Morgan fingerprint density at radius 2 is 0.904 bits per heavy atom.